The molecule has 1 amide bonds. The van der Waals surface area contributed by atoms with Gasteiger partial charge in [0.15, 0.2) is 0 Å². The smallest absolute Gasteiger partial charge is 0.258 e. The van der Waals surface area contributed by atoms with Crippen LogP contribution in [0.2, 0.25) is 0 Å². The molecule has 26 heavy (non-hydrogen) atoms. The molecule has 1 aliphatic rings. The molecule has 4 rings (SSSR count). The zero-order chi connectivity index (χ0) is 17.8. The summed E-state index contributed by atoms with van der Waals surface area (Å²) >= 11 is 0. The maximum atomic E-state index is 12.2. The lowest BCUT2D eigenvalue weighted by Crippen LogP contribution is -2.31. The third-order valence-electron chi connectivity index (χ3n) is 4.37. The van der Waals surface area contributed by atoms with E-state index in [4.69, 9.17) is 9.26 Å². The van der Waals surface area contributed by atoms with E-state index in [1.54, 1.807) is 12.1 Å². The molecule has 1 N–H and O–H groups in total. The molecular weight excluding hydrogens is 330 g/mol. The highest BCUT2D eigenvalue weighted by molar-refractivity contribution is 5.94. The van der Waals surface area contributed by atoms with Crippen LogP contribution in [0.4, 0.5) is 0 Å². The molecule has 132 valence electrons. The molecule has 1 atom stereocenters. The summed E-state index contributed by atoms with van der Waals surface area (Å²) < 4.78 is 10.9. The molecule has 3 aromatic rings. The minimum atomic E-state index is -0.109. The summed E-state index contributed by atoms with van der Waals surface area (Å²) in [5.41, 5.74) is 2.26. The van der Waals surface area contributed by atoms with E-state index in [0.717, 1.165) is 30.6 Å². The number of rotatable bonds is 5. The van der Waals surface area contributed by atoms with E-state index in [1.807, 2.05) is 42.5 Å². The van der Waals surface area contributed by atoms with Gasteiger partial charge in [-0.25, -0.2) is 0 Å². The Bertz CT molecular complexity index is 869. The number of carbonyl (C=O) groups is 1. The minimum absolute atomic E-state index is 0.109. The number of hydrogen-bond acceptors (Lipinski definition) is 5. The largest absolute Gasteiger partial charge is 0.376 e. The van der Waals surface area contributed by atoms with Crippen molar-refractivity contribution in [2.45, 2.75) is 18.9 Å². The lowest BCUT2D eigenvalue weighted by Gasteiger charge is -2.10. The standard InChI is InChI=1S/C20H19N3O3/c24-19(21-13-17-7-4-12-25-17)15-8-10-16(11-9-15)20-22-18(23-26-20)14-5-2-1-3-6-14/h1-3,5-6,8-11,17H,4,7,12-13H2,(H,21,24)/t17-/m1/s1. The third kappa shape index (κ3) is 3.65. The lowest BCUT2D eigenvalue weighted by atomic mass is 10.1. The van der Waals surface area contributed by atoms with Crippen molar-refractivity contribution in [2.24, 2.45) is 0 Å². The Labute approximate surface area is 151 Å². The molecule has 6 heteroatoms. The van der Waals surface area contributed by atoms with Crippen LogP contribution in [0, 0.1) is 0 Å². The number of benzene rings is 2. The van der Waals surface area contributed by atoms with Crippen molar-refractivity contribution in [1.82, 2.24) is 15.5 Å². The van der Waals surface area contributed by atoms with E-state index in [-0.39, 0.29) is 12.0 Å². The highest BCUT2D eigenvalue weighted by atomic mass is 16.5. The van der Waals surface area contributed by atoms with Crippen LogP contribution >= 0.6 is 0 Å². The number of hydrogen-bond donors (Lipinski definition) is 1. The van der Waals surface area contributed by atoms with E-state index in [1.165, 1.54) is 0 Å². The average molecular weight is 349 g/mol. The van der Waals surface area contributed by atoms with E-state index in [9.17, 15) is 4.79 Å². The van der Waals surface area contributed by atoms with E-state index < -0.39 is 0 Å². The molecule has 0 unspecified atom stereocenters. The number of ether oxygens (including phenoxy) is 1. The maximum absolute atomic E-state index is 12.2. The molecule has 0 aliphatic carbocycles. The summed E-state index contributed by atoms with van der Waals surface area (Å²) in [5.74, 6) is 0.858. The molecule has 1 aromatic heterocycles. The third-order valence-corrected chi connectivity index (χ3v) is 4.37. The fourth-order valence-corrected chi connectivity index (χ4v) is 2.92. The molecule has 2 aromatic carbocycles. The summed E-state index contributed by atoms with van der Waals surface area (Å²) in [6.45, 7) is 1.33. The second-order valence-electron chi connectivity index (χ2n) is 6.21. The Balaban J connectivity index is 1.42. The van der Waals surface area contributed by atoms with Gasteiger partial charge in [-0.3, -0.25) is 4.79 Å². The molecule has 0 radical (unpaired) electrons. The first kappa shape index (κ1) is 16.5. The number of carbonyl (C=O) groups excluding carboxylic acids is 1. The molecule has 0 saturated carbocycles. The fraction of sp³-hybridized carbons (Fsp3) is 0.250. The van der Waals surface area contributed by atoms with Crippen LogP contribution in [0.25, 0.3) is 22.8 Å². The van der Waals surface area contributed by atoms with Gasteiger partial charge >= 0.3 is 0 Å². The quantitative estimate of drug-likeness (QED) is 0.765. The van der Waals surface area contributed by atoms with Gasteiger partial charge in [0.05, 0.1) is 6.10 Å². The number of nitrogens with one attached hydrogen (secondary N) is 1. The zero-order valence-corrected chi connectivity index (χ0v) is 14.2. The highest BCUT2D eigenvalue weighted by Crippen LogP contribution is 2.22. The van der Waals surface area contributed by atoms with Gasteiger partial charge in [-0.2, -0.15) is 4.98 Å². The van der Waals surface area contributed by atoms with Crippen LogP contribution in [0.15, 0.2) is 59.1 Å². The van der Waals surface area contributed by atoms with Crippen LogP contribution in [-0.2, 0) is 4.74 Å². The molecule has 1 fully saturated rings. The van der Waals surface area contributed by atoms with Gasteiger partial charge in [-0.05, 0) is 37.1 Å². The Morgan fingerprint density at radius 3 is 2.62 bits per heavy atom. The monoisotopic (exact) mass is 349 g/mol. The van der Waals surface area contributed by atoms with Crippen molar-refractivity contribution in [3.63, 3.8) is 0 Å². The number of aromatic nitrogens is 2. The number of nitrogens with zero attached hydrogens (tertiary/aromatic N) is 2. The van der Waals surface area contributed by atoms with Crippen LogP contribution in [0.1, 0.15) is 23.2 Å². The van der Waals surface area contributed by atoms with Gasteiger partial charge < -0.3 is 14.6 Å². The Kier molecular flexibility index (Phi) is 4.75. The van der Waals surface area contributed by atoms with Gasteiger partial charge in [-0.15, -0.1) is 0 Å². The van der Waals surface area contributed by atoms with Crippen LogP contribution in [0.3, 0.4) is 0 Å². The molecular formula is C20H19N3O3. The van der Waals surface area contributed by atoms with E-state index in [0.29, 0.717) is 23.8 Å². The fourth-order valence-electron chi connectivity index (χ4n) is 2.92. The molecule has 1 saturated heterocycles. The van der Waals surface area contributed by atoms with Crippen LogP contribution in [0.5, 0.6) is 0 Å². The summed E-state index contributed by atoms with van der Waals surface area (Å²) in [4.78, 5) is 16.6. The number of amides is 1. The molecule has 1 aliphatic heterocycles. The first-order valence-corrected chi connectivity index (χ1v) is 8.69. The predicted octanol–water partition coefficient (Wildman–Crippen LogP) is 3.31. The second-order valence-corrected chi connectivity index (χ2v) is 6.21. The first-order chi connectivity index (χ1) is 12.8. The summed E-state index contributed by atoms with van der Waals surface area (Å²) in [6, 6.07) is 16.8. The lowest BCUT2D eigenvalue weighted by molar-refractivity contribution is 0.0858. The maximum Gasteiger partial charge on any atom is 0.258 e. The van der Waals surface area contributed by atoms with Gasteiger partial charge in [0.2, 0.25) is 5.82 Å². The van der Waals surface area contributed by atoms with Crippen LogP contribution in [-0.4, -0.2) is 35.3 Å². The first-order valence-electron chi connectivity index (χ1n) is 8.69. The van der Waals surface area contributed by atoms with Gasteiger partial charge in [0.25, 0.3) is 11.8 Å². The van der Waals surface area contributed by atoms with E-state index in [2.05, 4.69) is 15.5 Å². The van der Waals surface area contributed by atoms with Crippen molar-refractivity contribution in [3.05, 3.63) is 60.2 Å². The molecule has 0 bridgehead atoms. The van der Waals surface area contributed by atoms with Gasteiger partial charge in [-0.1, -0.05) is 35.5 Å². The van der Waals surface area contributed by atoms with Crippen molar-refractivity contribution < 1.29 is 14.1 Å². The Morgan fingerprint density at radius 1 is 1.08 bits per heavy atom. The SMILES string of the molecule is O=C(NC[C@H]1CCCO1)c1ccc(-c2nc(-c3ccccc3)no2)cc1. The van der Waals surface area contributed by atoms with E-state index >= 15 is 0 Å². The normalized spacial score (nSPS) is 16.5. The zero-order valence-electron chi connectivity index (χ0n) is 14.2. The topological polar surface area (TPSA) is 77.2 Å². The van der Waals surface area contributed by atoms with Crippen molar-refractivity contribution >= 4 is 5.91 Å². The van der Waals surface area contributed by atoms with Crippen LogP contribution < -0.4 is 5.32 Å². The molecule has 0 spiro atoms. The Hall–Kier alpha value is -2.99. The minimum Gasteiger partial charge on any atom is -0.376 e. The highest BCUT2D eigenvalue weighted by Gasteiger charge is 2.17. The Morgan fingerprint density at radius 2 is 1.88 bits per heavy atom. The average Bonchev–Trinajstić information content (AvgIpc) is 3.39. The van der Waals surface area contributed by atoms with Crippen molar-refractivity contribution in [1.29, 1.82) is 0 Å². The second kappa shape index (κ2) is 7.49. The predicted molar refractivity (Wildman–Crippen MR) is 96.5 cm³/mol. The van der Waals surface area contributed by atoms with Crippen molar-refractivity contribution in [3.8, 4) is 22.8 Å². The van der Waals surface area contributed by atoms with Crippen molar-refractivity contribution in [2.75, 3.05) is 13.2 Å². The molecule has 2 heterocycles. The van der Waals surface area contributed by atoms with Gasteiger partial charge in [0, 0.05) is 29.8 Å². The summed E-state index contributed by atoms with van der Waals surface area (Å²) in [7, 11) is 0. The summed E-state index contributed by atoms with van der Waals surface area (Å²) in [6.07, 6.45) is 2.19. The van der Waals surface area contributed by atoms with Gasteiger partial charge in [0.1, 0.15) is 0 Å². The summed E-state index contributed by atoms with van der Waals surface area (Å²) in [5, 5.41) is 6.92. The molecule has 6 nitrogen and oxygen atoms in total.